The van der Waals surface area contributed by atoms with Crippen LogP contribution in [0.3, 0.4) is 0 Å². The number of benzene rings is 2. The van der Waals surface area contributed by atoms with Gasteiger partial charge in [-0.25, -0.2) is 4.90 Å². The van der Waals surface area contributed by atoms with Crippen LogP contribution in [0.25, 0.3) is 0 Å². The Morgan fingerprint density at radius 2 is 1.62 bits per heavy atom. The number of likely N-dealkylation sites (tertiary alicyclic amines) is 1. The second-order valence-electron chi connectivity index (χ2n) is 10.4. The van der Waals surface area contributed by atoms with Crippen LogP contribution < -0.4 is 14.7 Å². The summed E-state index contributed by atoms with van der Waals surface area (Å²) in [6.07, 6.45) is 3.05. The zero-order valence-corrected chi connectivity index (χ0v) is 23.5. The van der Waals surface area contributed by atoms with Gasteiger partial charge in [0, 0.05) is 43.7 Å². The van der Waals surface area contributed by atoms with E-state index in [1.807, 2.05) is 66.4 Å². The number of piperidine rings is 1. The zero-order chi connectivity index (χ0) is 27.3. The Balaban J connectivity index is 1.44. The van der Waals surface area contributed by atoms with Crippen LogP contribution in [0.1, 0.15) is 35.6 Å². The summed E-state index contributed by atoms with van der Waals surface area (Å²) in [6, 6.07) is 16.9. The number of hydrogen-bond acceptors (Lipinski definition) is 7. The van der Waals surface area contributed by atoms with Crippen molar-refractivity contribution >= 4 is 52.2 Å². The first kappa shape index (κ1) is 25.9. The first-order chi connectivity index (χ1) is 18.8. The quantitative estimate of drug-likeness (QED) is 0.440. The predicted octanol–water partition coefficient (Wildman–Crippen LogP) is 3.78. The molecule has 4 heterocycles. The van der Waals surface area contributed by atoms with Crippen molar-refractivity contribution in [3.63, 3.8) is 0 Å². The lowest BCUT2D eigenvalue weighted by atomic mass is 9.83. The molecule has 6 rings (SSSR count). The van der Waals surface area contributed by atoms with Crippen LogP contribution in [0.15, 0.2) is 64.4 Å². The lowest BCUT2D eigenvalue weighted by Crippen LogP contribution is -2.39. The lowest BCUT2D eigenvalue weighted by Gasteiger charge is -2.31. The first-order valence-electron chi connectivity index (χ1n) is 13.2. The number of carbonyl (C=O) groups is 3. The average molecular weight is 563 g/mol. The maximum absolute atomic E-state index is 13.9. The SMILES string of the molecule is CN(C)c1ccc([C@@H]2c3sc(=O)n(CC(=O)N4CCCCC4)c3S[C@H]3C(=O)N(c4ccccc4)C(=O)[C@@H]23)cc1. The molecule has 1 aromatic heterocycles. The Bertz CT molecular complexity index is 1480. The summed E-state index contributed by atoms with van der Waals surface area (Å²) in [4.78, 5) is 59.9. The normalized spacial score (nSPS) is 22.6. The number of fused-ring (bicyclic) bond motifs is 2. The number of thiazole rings is 1. The average Bonchev–Trinajstić information content (AvgIpc) is 3.40. The molecule has 3 aliphatic heterocycles. The maximum Gasteiger partial charge on any atom is 0.308 e. The minimum atomic E-state index is -0.686. The van der Waals surface area contributed by atoms with E-state index in [9.17, 15) is 19.2 Å². The molecule has 3 aliphatic rings. The van der Waals surface area contributed by atoms with Crippen LogP contribution in [0, 0.1) is 5.92 Å². The highest BCUT2D eigenvalue weighted by atomic mass is 32.2. The highest BCUT2D eigenvalue weighted by Crippen LogP contribution is 2.54. The lowest BCUT2D eigenvalue weighted by molar-refractivity contribution is -0.133. The summed E-state index contributed by atoms with van der Waals surface area (Å²) >= 11 is 2.35. The van der Waals surface area contributed by atoms with Gasteiger partial charge in [-0.3, -0.25) is 23.7 Å². The number of nitrogens with zero attached hydrogens (tertiary/aromatic N) is 4. The fraction of sp³-hybridized carbons (Fsp3) is 0.379. The number of para-hydroxylation sites is 1. The third-order valence-corrected chi connectivity index (χ3v) is 10.4. The summed E-state index contributed by atoms with van der Waals surface area (Å²) in [6.45, 7) is 1.36. The second kappa shape index (κ2) is 10.3. The van der Waals surface area contributed by atoms with Crippen molar-refractivity contribution in [2.75, 3.05) is 37.0 Å². The van der Waals surface area contributed by atoms with Crippen LogP contribution >= 0.6 is 23.1 Å². The Morgan fingerprint density at radius 1 is 0.923 bits per heavy atom. The fourth-order valence-corrected chi connectivity index (χ4v) is 8.58. The third kappa shape index (κ3) is 4.49. The van der Waals surface area contributed by atoms with Gasteiger partial charge >= 0.3 is 4.87 Å². The van der Waals surface area contributed by atoms with Gasteiger partial charge in [-0.15, -0.1) is 0 Å². The molecule has 0 aliphatic carbocycles. The van der Waals surface area contributed by atoms with Crippen LogP contribution in [-0.4, -0.2) is 59.6 Å². The smallest absolute Gasteiger partial charge is 0.308 e. The van der Waals surface area contributed by atoms with E-state index < -0.39 is 17.1 Å². The van der Waals surface area contributed by atoms with Crippen molar-refractivity contribution in [1.82, 2.24) is 9.47 Å². The van der Waals surface area contributed by atoms with Gasteiger partial charge in [-0.05, 0) is 49.1 Å². The van der Waals surface area contributed by atoms with Gasteiger partial charge < -0.3 is 9.80 Å². The van der Waals surface area contributed by atoms with E-state index in [-0.39, 0.29) is 29.1 Å². The molecule has 2 aromatic carbocycles. The van der Waals surface area contributed by atoms with Gasteiger partial charge in [0.1, 0.15) is 11.8 Å². The van der Waals surface area contributed by atoms with E-state index in [0.29, 0.717) is 23.8 Å². The molecule has 39 heavy (non-hydrogen) atoms. The van der Waals surface area contributed by atoms with Crippen molar-refractivity contribution in [2.24, 2.45) is 5.92 Å². The molecule has 3 aromatic rings. The molecule has 2 saturated heterocycles. The van der Waals surface area contributed by atoms with E-state index in [0.717, 1.165) is 46.7 Å². The minimum absolute atomic E-state index is 0.0497. The molecule has 3 atom stereocenters. The highest BCUT2D eigenvalue weighted by molar-refractivity contribution is 8.00. The number of anilines is 2. The van der Waals surface area contributed by atoms with Crippen molar-refractivity contribution in [1.29, 1.82) is 0 Å². The van der Waals surface area contributed by atoms with Gasteiger partial charge in [-0.1, -0.05) is 53.4 Å². The number of aromatic nitrogens is 1. The minimum Gasteiger partial charge on any atom is -0.378 e. The fourth-order valence-electron chi connectivity index (χ4n) is 5.80. The topological polar surface area (TPSA) is 82.9 Å². The Hall–Kier alpha value is -3.37. The monoisotopic (exact) mass is 562 g/mol. The maximum atomic E-state index is 13.9. The standard InChI is InChI=1S/C29H30N4O4S2/c1-30(2)19-13-11-18(12-14-19)22-23-24(27(36)33(26(23)35)20-9-5-3-6-10-20)38-28-25(22)39-29(37)32(28)17-21(34)31-15-7-4-8-16-31/h3,5-6,9-14,22-24H,4,7-8,15-17H2,1-2H3/t22-,23-,24+/m0/s1. The first-order valence-corrected chi connectivity index (χ1v) is 14.9. The van der Waals surface area contributed by atoms with Crippen LogP contribution in [0.2, 0.25) is 0 Å². The van der Waals surface area contributed by atoms with Gasteiger partial charge in [0.15, 0.2) is 0 Å². The van der Waals surface area contributed by atoms with E-state index in [1.165, 1.54) is 21.2 Å². The number of carbonyl (C=O) groups excluding carboxylic acids is 3. The third-order valence-electron chi connectivity index (χ3n) is 7.83. The van der Waals surface area contributed by atoms with E-state index in [1.54, 1.807) is 12.1 Å². The molecule has 202 valence electrons. The van der Waals surface area contributed by atoms with Crippen molar-refractivity contribution in [3.05, 3.63) is 74.7 Å². The van der Waals surface area contributed by atoms with Gasteiger partial charge in [0.05, 0.1) is 16.6 Å². The molecule has 0 spiro atoms. The molecule has 2 fully saturated rings. The van der Waals surface area contributed by atoms with Crippen LogP contribution in [0.5, 0.6) is 0 Å². The summed E-state index contributed by atoms with van der Waals surface area (Å²) in [5.74, 6) is -1.73. The summed E-state index contributed by atoms with van der Waals surface area (Å²) in [5, 5.41) is -0.0524. The largest absolute Gasteiger partial charge is 0.378 e. The van der Waals surface area contributed by atoms with Crippen molar-refractivity contribution < 1.29 is 14.4 Å². The summed E-state index contributed by atoms with van der Waals surface area (Å²) < 4.78 is 1.53. The number of amides is 3. The Kier molecular flexibility index (Phi) is 6.84. The summed E-state index contributed by atoms with van der Waals surface area (Å²) in [7, 11) is 3.92. The molecule has 0 N–H and O–H groups in total. The highest BCUT2D eigenvalue weighted by Gasteiger charge is 2.56. The van der Waals surface area contributed by atoms with E-state index in [4.69, 9.17) is 0 Å². The molecule has 3 amide bonds. The number of imide groups is 1. The van der Waals surface area contributed by atoms with Crippen molar-refractivity contribution in [3.8, 4) is 0 Å². The Morgan fingerprint density at radius 3 is 2.28 bits per heavy atom. The van der Waals surface area contributed by atoms with Crippen LogP contribution in [-0.2, 0) is 20.9 Å². The number of hydrogen-bond donors (Lipinski definition) is 0. The van der Waals surface area contributed by atoms with Crippen molar-refractivity contribution in [2.45, 2.75) is 42.0 Å². The van der Waals surface area contributed by atoms with Crippen LogP contribution in [0.4, 0.5) is 11.4 Å². The second-order valence-corrected chi connectivity index (χ2v) is 12.6. The molecular weight excluding hydrogens is 532 g/mol. The van der Waals surface area contributed by atoms with Gasteiger partial charge in [0.2, 0.25) is 17.7 Å². The molecular formula is C29H30N4O4S2. The van der Waals surface area contributed by atoms with E-state index >= 15 is 0 Å². The molecule has 8 nitrogen and oxygen atoms in total. The number of rotatable bonds is 5. The Labute approximate surface area is 235 Å². The predicted molar refractivity (Wildman–Crippen MR) is 154 cm³/mol. The zero-order valence-electron chi connectivity index (χ0n) is 21.9. The molecule has 0 saturated carbocycles. The molecule has 0 radical (unpaired) electrons. The number of thioether (sulfide) groups is 1. The molecule has 0 unspecified atom stereocenters. The van der Waals surface area contributed by atoms with Gasteiger partial charge in [-0.2, -0.15) is 0 Å². The molecule has 10 heteroatoms. The summed E-state index contributed by atoms with van der Waals surface area (Å²) in [5.41, 5.74) is 2.44. The van der Waals surface area contributed by atoms with E-state index in [2.05, 4.69) is 0 Å². The molecule has 0 bridgehead atoms. The van der Waals surface area contributed by atoms with Gasteiger partial charge in [0.25, 0.3) is 0 Å².